The number of pyridine rings is 1. The summed E-state index contributed by atoms with van der Waals surface area (Å²) in [7, 11) is 0. The molecule has 0 radical (unpaired) electrons. The second-order valence-electron chi connectivity index (χ2n) is 8.18. The highest BCUT2D eigenvalue weighted by Gasteiger charge is 2.42. The van der Waals surface area contributed by atoms with Crippen molar-refractivity contribution in [2.75, 3.05) is 4.90 Å². The number of aromatic nitrogens is 2. The molecule has 0 spiro atoms. The van der Waals surface area contributed by atoms with Gasteiger partial charge in [0.15, 0.2) is 5.11 Å². The lowest BCUT2D eigenvalue weighted by Crippen LogP contribution is -2.30. The number of hydrogen-bond donors (Lipinski definition) is 2. The molecule has 0 unspecified atom stereocenters. The maximum atomic E-state index is 11.6. The van der Waals surface area contributed by atoms with Crippen molar-refractivity contribution in [1.29, 1.82) is 0 Å². The molecule has 4 aromatic rings. The molecule has 7 heteroatoms. The molecule has 3 heterocycles. The van der Waals surface area contributed by atoms with Crippen LogP contribution in [0, 0.1) is 0 Å². The van der Waals surface area contributed by atoms with Crippen LogP contribution in [-0.4, -0.2) is 25.7 Å². The molecule has 0 saturated carbocycles. The van der Waals surface area contributed by atoms with Crippen molar-refractivity contribution in [3.05, 3.63) is 114 Å². The zero-order valence-electron chi connectivity index (χ0n) is 18.6. The zero-order valence-corrected chi connectivity index (χ0v) is 19.4. The molecular formula is C27H24N4O2S. The molecule has 0 aliphatic carbocycles. The first-order valence-electron chi connectivity index (χ1n) is 11.2. The van der Waals surface area contributed by atoms with Gasteiger partial charge in [-0.05, 0) is 78.8 Å². The Morgan fingerprint density at radius 2 is 1.85 bits per heavy atom. The Kier molecular flexibility index (Phi) is 5.86. The number of nitrogens with one attached hydrogen (secondary N) is 1. The number of anilines is 1. The Bertz CT molecular complexity index is 1330. The topological polar surface area (TPSA) is 70.4 Å². The summed E-state index contributed by atoms with van der Waals surface area (Å²) < 4.78 is 2.02. The van der Waals surface area contributed by atoms with Gasteiger partial charge in [-0.25, -0.2) is 4.79 Å². The lowest BCUT2D eigenvalue weighted by molar-refractivity contribution is 0.0697. The van der Waals surface area contributed by atoms with Crippen LogP contribution < -0.4 is 10.2 Å². The number of aryl methyl sites for hydroxylation is 1. The van der Waals surface area contributed by atoms with Crippen molar-refractivity contribution in [3.8, 4) is 5.69 Å². The van der Waals surface area contributed by atoms with Gasteiger partial charge in [-0.1, -0.05) is 31.2 Å². The van der Waals surface area contributed by atoms with Crippen molar-refractivity contribution in [2.24, 2.45) is 0 Å². The molecule has 0 bridgehead atoms. The first kappa shape index (κ1) is 21.9. The van der Waals surface area contributed by atoms with Crippen LogP contribution in [0.5, 0.6) is 0 Å². The van der Waals surface area contributed by atoms with Crippen molar-refractivity contribution >= 4 is 29.0 Å². The molecule has 1 aliphatic rings. The van der Waals surface area contributed by atoms with Gasteiger partial charge in [-0.15, -0.1) is 0 Å². The summed E-state index contributed by atoms with van der Waals surface area (Å²) in [5.41, 5.74) is 5.13. The summed E-state index contributed by atoms with van der Waals surface area (Å²) in [5, 5.41) is 13.6. The monoisotopic (exact) mass is 468 g/mol. The van der Waals surface area contributed by atoms with Gasteiger partial charge >= 0.3 is 5.97 Å². The number of thiocarbonyl (C=S) groups is 1. The van der Waals surface area contributed by atoms with Crippen molar-refractivity contribution in [3.63, 3.8) is 0 Å². The summed E-state index contributed by atoms with van der Waals surface area (Å²) in [6, 6.07) is 24.9. The second kappa shape index (κ2) is 9.11. The molecule has 6 nitrogen and oxygen atoms in total. The molecule has 34 heavy (non-hydrogen) atoms. The fourth-order valence-corrected chi connectivity index (χ4v) is 4.83. The fraction of sp³-hybridized carbons (Fsp3) is 0.148. The van der Waals surface area contributed by atoms with E-state index in [0.717, 1.165) is 29.2 Å². The molecule has 2 N–H and O–H groups in total. The third kappa shape index (κ3) is 3.95. The van der Waals surface area contributed by atoms with Crippen LogP contribution in [0.4, 0.5) is 5.69 Å². The predicted octanol–water partition coefficient (Wildman–Crippen LogP) is 5.31. The fourth-order valence-electron chi connectivity index (χ4n) is 4.48. The van der Waals surface area contributed by atoms with E-state index in [-0.39, 0.29) is 17.6 Å². The molecule has 170 valence electrons. The number of carboxylic acids is 1. The van der Waals surface area contributed by atoms with E-state index in [1.165, 1.54) is 5.56 Å². The standard InChI is InChI=1S/C27H24N4O2S/c1-2-18-11-13-20(14-12-18)31-25(24(29-27(31)34)22-9-3-4-15-28-22)23-10-6-16-30(23)21-8-5-7-19(17-21)26(32)33/h3-17,24-25H,2H2,1H3,(H,29,34)(H,32,33)/t24-,25+/m0/s1. The van der Waals surface area contributed by atoms with Crippen LogP contribution in [-0.2, 0) is 6.42 Å². The number of carboxylic acid groups (broad SMARTS) is 1. The highest BCUT2D eigenvalue weighted by atomic mass is 32.1. The van der Waals surface area contributed by atoms with E-state index >= 15 is 0 Å². The van der Waals surface area contributed by atoms with E-state index in [9.17, 15) is 9.90 Å². The average Bonchev–Trinajstić information content (AvgIpc) is 3.49. The lowest BCUT2D eigenvalue weighted by Gasteiger charge is -2.29. The number of carbonyl (C=O) groups is 1. The minimum absolute atomic E-state index is 0.184. The van der Waals surface area contributed by atoms with Crippen LogP contribution in [0.15, 0.2) is 91.3 Å². The van der Waals surface area contributed by atoms with Crippen LogP contribution in [0.25, 0.3) is 5.69 Å². The Labute approximate surface area is 203 Å². The van der Waals surface area contributed by atoms with E-state index < -0.39 is 5.97 Å². The maximum Gasteiger partial charge on any atom is 0.335 e. The molecular weight excluding hydrogens is 444 g/mol. The molecule has 0 amide bonds. The predicted molar refractivity (Wildman–Crippen MR) is 136 cm³/mol. The van der Waals surface area contributed by atoms with E-state index in [4.69, 9.17) is 12.2 Å². The Morgan fingerprint density at radius 3 is 2.56 bits per heavy atom. The summed E-state index contributed by atoms with van der Waals surface area (Å²) in [4.78, 5) is 18.3. The average molecular weight is 469 g/mol. The number of nitrogens with zero attached hydrogens (tertiary/aromatic N) is 3. The third-order valence-corrected chi connectivity index (χ3v) is 6.49. The quantitative estimate of drug-likeness (QED) is 0.374. The summed E-state index contributed by atoms with van der Waals surface area (Å²) in [6.45, 7) is 2.13. The Balaban J connectivity index is 1.65. The molecule has 2 aromatic carbocycles. The Morgan fingerprint density at radius 1 is 1.03 bits per heavy atom. The van der Waals surface area contributed by atoms with Gasteiger partial charge in [-0.3, -0.25) is 4.98 Å². The van der Waals surface area contributed by atoms with E-state index in [0.29, 0.717) is 5.11 Å². The Hall–Kier alpha value is -3.97. The van der Waals surface area contributed by atoms with Gasteiger partial charge < -0.3 is 19.9 Å². The molecule has 2 aromatic heterocycles. The lowest BCUT2D eigenvalue weighted by atomic mass is 10.0. The van der Waals surface area contributed by atoms with E-state index in [1.54, 1.807) is 24.4 Å². The van der Waals surface area contributed by atoms with Gasteiger partial charge in [0.05, 0.1) is 17.3 Å². The van der Waals surface area contributed by atoms with E-state index in [2.05, 4.69) is 52.5 Å². The molecule has 1 fully saturated rings. The van der Waals surface area contributed by atoms with Crippen molar-refractivity contribution in [2.45, 2.75) is 25.4 Å². The second-order valence-corrected chi connectivity index (χ2v) is 8.56. The minimum atomic E-state index is -0.955. The van der Waals surface area contributed by atoms with Gasteiger partial charge in [0.2, 0.25) is 0 Å². The third-order valence-electron chi connectivity index (χ3n) is 6.18. The molecule has 1 saturated heterocycles. The highest BCUT2D eigenvalue weighted by Crippen LogP contribution is 2.42. The van der Waals surface area contributed by atoms with Crippen LogP contribution >= 0.6 is 12.2 Å². The summed E-state index contributed by atoms with van der Waals surface area (Å²) >= 11 is 5.83. The van der Waals surface area contributed by atoms with Crippen molar-refractivity contribution < 1.29 is 9.90 Å². The summed E-state index contributed by atoms with van der Waals surface area (Å²) in [6.07, 6.45) is 4.70. The minimum Gasteiger partial charge on any atom is -0.478 e. The number of rotatable bonds is 6. The zero-order chi connectivity index (χ0) is 23.7. The maximum absolute atomic E-state index is 11.6. The van der Waals surface area contributed by atoms with Gasteiger partial charge in [0, 0.05) is 29.5 Å². The first-order valence-corrected chi connectivity index (χ1v) is 11.6. The normalized spacial score (nSPS) is 17.6. The molecule has 1 aliphatic heterocycles. The summed E-state index contributed by atoms with van der Waals surface area (Å²) in [5.74, 6) is -0.955. The number of hydrogen-bond acceptors (Lipinski definition) is 3. The highest BCUT2D eigenvalue weighted by molar-refractivity contribution is 7.80. The first-order chi connectivity index (χ1) is 16.6. The van der Waals surface area contributed by atoms with Crippen molar-refractivity contribution in [1.82, 2.24) is 14.9 Å². The smallest absolute Gasteiger partial charge is 0.335 e. The van der Waals surface area contributed by atoms with Crippen LogP contribution in [0.2, 0.25) is 0 Å². The van der Waals surface area contributed by atoms with Gasteiger partial charge in [0.25, 0.3) is 0 Å². The van der Waals surface area contributed by atoms with E-state index in [1.807, 2.05) is 41.1 Å². The van der Waals surface area contributed by atoms with Crippen LogP contribution in [0.3, 0.4) is 0 Å². The van der Waals surface area contributed by atoms with Gasteiger partial charge in [0.1, 0.15) is 6.04 Å². The number of aromatic carboxylic acids is 1. The molecule has 2 atom stereocenters. The molecule has 5 rings (SSSR count). The van der Waals surface area contributed by atoms with Gasteiger partial charge in [-0.2, -0.15) is 0 Å². The SMILES string of the molecule is CCc1ccc(N2C(=S)N[C@@H](c3ccccn3)[C@H]2c2cccn2-c2cccc(C(=O)O)c2)cc1. The number of benzene rings is 2. The largest absolute Gasteiger partial charge is 0.478 e. The van der Waals surface area contributed by atoms with Crippen LogP contribution in [0.1, 0.15) is 46.3 Å².